The molecule has 100 valence electrons. The van der Waals surface area contributed by atoms with Gasteiger partial charge < -0.3 is 10.7 Å². The molecule has 4 N–H and O–H groups in total. The Kier molecular flexibility index (Phi) is 4.29. The number of nitrogens with one attached hydrogen (secondary N) is 2. The number of rotatable bonds is 6. The van der Waals surface area contributed by atoms with E-state index in [0.717, 1.165) is 24.6 Å². The van der Waals surface area contributed by atoms with E-state index in [2.05, 4.69) is 27.0 Å². The lowest BCUT2D eigenvalue weighted by Crippen LogP contribution is -2.40. The molecule has 0 aliphatic heterocycles. The van der Waals surface area contributed by atoms with Crippen LogP contribution in [0, 0.1) is 0 Å². The highest BCUT2D eigenvalue weighted by atomic mass is 32.2. The van der Waals surface area contributed by atoms with Crippen molar-refractivity contribution in [1.82, 2.24) is 9.97 Å². The number of anilines is 2. The number of nitrogens with two attached hydrogens (primary N) is 1. The lowest BCUT2D eigenvalue weighted by atomic mass is 9.84. The maximum atomic E-state index is 5.42. The molecule has 0 radical (unpaired) electrons. The number of nitrogens with zero attached hydrogens (tertiary/aromatic N) is 2. The van der Waals surface area contributed by atoms with Crippen LogP contribution in [0.15, 0.2) is 6.07 Å². The zero-order valence-corrected chi connectivity index (χ0v) is 11.8. The van der Waals surface area contributed by atoms with Crippen LogP contribution < -0.4 is 16.6 Å². The van der Waals surface area contributed by atoms with Crippen molar-refractivity contribution in [3.8, 4) is 0 Å². The molecule has 1 aromatic heterocycles. The van der Waals surface area contributed by atoms with Gasteiger partial charge in [-0.2, -0.15) is 11.8 Å². The molecule has 0 amide bonds. The molecule has 1 aliphatic carbocycles. The van der Waals surface area contributed by atoms with Crippen molar-refractivity contribution in [3.05, 3.63) is 11.9 Å². The molecule has 1 aromatic rings. The number of thioether (sulfide) groups is 1. The molecule has 2 rings (SSSR count). The maximum Gasteiger partial charge on any atom is 0.145 e. The van der Waals surface area contributed by atoms with E-state index in [1.54, 1.807) is 0 Å². The highest BCUT2D eigenvalue weighted by Crippen LogP contribution is 2.42. The van der Waals surface area contributed by atoms with Gasteiger partial charge in [0.05, 0.1) is 0 Å². The van der Waals surface area contributed by atoms with Crippen LogP contribution in [0.2, 0.25) is 0 Å². The number of aryl methyl sites for hydroxylation is 1. The zero-order valence-electron chi connectivity index (χ0n) is 11.0. The van der Waals surface area contributed by atoms with Crippen LogP contribution in [-0.4, -0.2) is 27.5 Å². The van der Waals surface area contributed by atoms with Crippen molar-refractivity contribution in [2.45, 2.75) is 37.4 Å². The average Bonchev–Trinajstić information content (AvgIpc) is 2.37. The molecule has 1 saturated carbocycles. The van der Waals surface area contributed by atoms with Gasteiger partial charge in [0.1, 0.15) is 17.5 Å². The SMILES string of the molecule is CCc1nc(NN)cc(NCC2(SC)CCC2)n1. The number of nitrogen functional groups attached to an aromatic ring is 1. The maximum absolute atomic E-state index is 5.42. The molecule has 1 fully saturated rings. The Morgan fingerprint density at radius 3 is 2.61 bits per heavy atom. The van der Waals surface area contributed by atoms with Crippen LogP contribution in [0.3, 0.4) is 0 Å². The van der Waals surface area contributed by atoms with Gasteiger partial charge in [-0.3, -0.25) is 0 Å². The van der Waals surface area contributed by atoms with E-state index in [0.29, 0.717) is 10.6 Å². The number of aromatic nitrogens is 2. The van der Waals surface area contributed by atoms with Crippen molar-refractivity contribution in [2.24, 2.45) is 5.84 Å². The molecule has 5 nitrogen and oxygen atoms in total. The quantitative estimate of drug-likeness (QED) is 0.541. The second kappa shape index (κ2) is 5.75. The highest BCUT2D eigenvalue weighted by molar-refractivity contribution is 8.00. The third-order valence-corrected chi connectivity index (χ3v) is 4.94. The van der Waals surface area contributed by atoms with Gasteiger partial charge in [0.15, 0.2) is 0 Å². The Bertz CT molecular complexity index is 378. The number of hydrogen-bond donors (Lipinski definition) is 3. The summed E-state index contributed by atoms with van der Waals surface area (Å²) >= 11 is 1.95. The summed E-state index contributed by atoms with van der Waals surface area (Å²) in [6.07, 6.45) is 6.90. The van der Waals surface area contributed by atoms with E-state index in [9.17, 15) is 0 Å². The summed E-state index contributed by atoms with van der Waals surface area (Å²) in [5.41, 5.74) is 2.58. The summed E-state index contributed by atoms with van der Waals surface area (Å²) in [4.78, 5) is 8.75. The van der Waals surface area contributed by atoms with Crippen molar-refractivity contribution >= 4 is 23.4 Å². The van der Waals surface area contributed by atoms with E-state index < -0.39 is 0 Å². The van der Waals surface area contributed by atoms with Gasteiger partial charge in [0.25, 0.3) is 0 Å². The van der Waals surface area contributed by atoms with E-state index in [1.165, 1.54) is 19.3 Å². The summed E-state index contributed by atoms with van der Waals surface area (Å²) in [6.45, 7) is 2.99. The standard InChI is InChI=1S/C12H21N5S/c1-3-9-15-10(7-11(16-9)17-13)14-8-12(18-2)5-4-6-12/h7H,3-6,8,13H2,1-2H3,(H2,14,15,16,17). The molecule has 1 aliphatic rings. The summed E-state index contributed by atoms with van der Waals surface area (Å²) < 4.78 is 0.396. The summed E-state index contributed by atoms with van der Waals surface area (Å²) in [7, 11) is 0. The first-order valence-corrected chi connectivity index (χ1v) is 7.57. The first-order chi connectivity index (χ1) is 8.71. The Labute approximate surface area is 112 Å². The van der Waals surface area contributed by atoms with Crippen molar-refractivity contribution < 1.29 is 0 Å². The van der Waals surface area contributed by atoms with Gasteiger partial charge in [0, 0.05) is 23.8 Å². The molecule has 1 heterocycles. The first kappa shape index (κ1) is 13.4. The fraction of sp³-hybridized carbons (Fsp3) is 0.667. The largest absolute Gasteiger partial charge is 0.369 e. The highest BCUT2D eigenvalue weighted by Gasteiger charge is 2.35. The number of hydrogen-bond acceptors (Lipinski definition) is 6. The molecule has 0 saturated heterocycles. The fourth-order valence-electron chi connectivity index (χ4n) is 2.10. The smallest absolute Gasteiger partial charge is 0.145 e. The van der Waals surface area contributed by atoms with Crippen LogP contribution in [-0.2, 0) is 6.42 Å². The molecule has 0 aromatic carbocycles. The molecule has 0 unspecified atom stereocenters. The van der Waals surface area contributed by atoms with Crippen LogP contribution >= 0.6 is 11.8 Å². The monoisotopic (exact) mass is 267 g/mol. The second-order valence-electron chi connectivity index (χ2n) is 4.65. The van der Waals surface area contributed by atoms with Gasteiger partial charge in [0.2, 0.25) is 0 Å². The van der Waals surface area contributed by atoms with Gasteiger partial charge in [-0.05, 0) is 19.1 Å². The first-order valence-electron chi connectivity index (χ1n) is 6.35. The third-order valence-electron chi connectivity index (χ3n) is 3.53. The fourth-order valence-corrected chi connectivity index (χ4v) is 3.01. The predicted molar refractivity (Wildman–Crippen MR) is 77.8 cm³/mol. The van der Waals surface area contributed by atoms with Crippen molar-refractivity contribution in [2.75, 3.05) is 23.5 Å². The Hall–Kier alpha value is -1.01. The van der Waals surface area contributed by atoms with E-state index >= 15 is 0 Å². The Balaban J connectivity index is 2.04. The molecule has 18 heavy (non-hydrogen) atoms. The predicted octanol–water partition coefficient (Wildman–Crippen LogP) is 2.02. The van der Waals surface area contributed by atoms with E-state index in [-0.39, 0.29) is 0 Å². The Morgan fingerprint density at radius 1 is 1.39 bits per heavy atom. The lowest BCUT2D eigenvalue weighted by molar-refractivity contribution is 0.379. The summed E-state index contributed by atoms with van der Waals surface area (Å²) in [5.74, 6) is 7.74. The van der Waals surface area contributed by atoms with Gasteiger partial charge in [-0.15, -0.1) is 0 Å². The zero-order chi connectivity index (χ0) is 13.0. The van der Waals surface area contributed by atoms with Crippen LogP contribution in [0.5, 0.6) is 0 Å². The molecule has 6 heteroatoms. The normalized spacial score (nSPS) is 17.1. The molecule has 0 spiro atoms. The van der Waals surface area contributed by atoms with Gasteiger partial charge in [-0.25, -0.2) is 15.8 Å². The molecular weight excluding hydrogens is 246 g/mol. The van der Waals surface area contributed by atoms with E-state index in [4.69, 9.17) is 5.84 Å². The molecule has 0 atom stereocenters. The summed E-state index contributed by atoms with van der Waals surface area (Å²) in [5, 5.41) is 3.42. The minimum Gasteiger partial charge on any atom is -0.369 e. The van der Waals surface area contributed by atoms with Crippen molar-refractivity contribution in [3.63, 3.8) is 0 Å². The Morgan fingerprint density at radius 2 is 2.11 bits per heavy atom. The molecule has 0 bridgehead atoms. The minimum atomic E-state index is 0.396. The number of hydrazine groups is 1. The van der Waals surface area contributed by atoms with Gasteiger partial charge in [-0.1, -0.05) is 13.3 Å². The van der Waals surface area contributed by atoms with Crippen molar-refractivity contribution in [1.29, 1.82) is 0 Å². The average molecular weight is 267 g/mol. The van der Waals surface area contributed by atoms with Crippen LogP contribution in [0.1, 0.15) is 32.0 Å². The topological polar surface area (TPSA) is 75.9 Å². The summed E-state index contributed by atoms with van der Waals surface area (Å²) in [6, 6.07) is 1.85. The lowest BCUT2D eigenvalue weighted by Gasteiger charge is -2.40. The van der Waals surface area contributed by atoms with Gasteiger partial charge >= 0.3 is 0 Å². The molecular formula is C12H21N5S. The minimum absolute atomic E-state index is 0.396. The second-order valence-corrected chi connectivity index (χ2v) is 5.92. The van der Waals surface area contributed by atoms with E-state index in [1.807, 2.05) is 24.8 Å². The third kappa shape index (κ3) is 2.87. The van der Waals surface area contributed by atoms with Crippen LogP contribution in [0.4, 0.5) is 11.6 Å². The van der Waals surface area contributed by atoms with Crippen LogP contribution in [0.25, 0.3) is 0 Å².